The molecule has 0 saturated carbocycles. The van der Waals surface area contributed by atoms with Gasteiger partial charge in [-0.25, -0.2) is 15.0 Å². The summed E-state index contributed by atoms with van der Waals surface area (Å²) in [5.41, 5.74) is 1.55. The second-order valence-electron chi connectivity index (χ2n) is 8.42. The van der Waals surface area contributed by atoms with E-state index in [-0.39, 0.29) is 5.54 Å². The lowest BCUT2D eigenvalue weighted by atomic mass is 10.0. The van der Waals surface area contributed by atoms with Crippen LogP contribution in [-0.4, -0.2) is 55.6 Å². The number of halogens is 1. The number of piperazine rings is 1. The highest BCUT2D eigenvalue weighted by Crippen LogP contribution is 2.33. The van der Waals surface area contributed by atoms with Gasteiger partial charge in [0.25, 0.3) is 0 Å². The molecule has 0 spiro atoms. The Morgan fingerprint density at radius 2 is 2.00 bits per heavy atom. The van der Waals surface area contributed by atoms with Crippen LogP contribution in [0.1, 0.15) is 33.3 Å². The molecule has 1 fully saturated rings. The first-order valence-corrected chi connectivity index (χ1v) is 10.8. The highest BCUT2D eigenvalue weighted by atomic mass is 127. The van der Waals surface area contributed by atoms with Crippen LogP contribution in [0.4, 0.5) is 5.82 Å². The maximum atomic E-state index is 9.22. The fourth-order valence-corrected chi connectivity index (χ4v) is 4.66. The molecule has 4 heterocycles. The zero-order valence-corrected chi connectivity index (χ0v) is 19.3. The van der Waals surface area contributed by atoms with Gasteiger partial charge in [0.2, 0.25) is 0 Å². The lowest BCUT2D eigenvalue weighted by Gasteiger charge is -2.46. The first kappa shape index (κ1) is 20.0. The number of hydrogen-bond donors (Lipinski definition) is 0. The minimum atomic E-state index is 0.163. The second kappa shape index (κ2) is 7.54. The third kappa shape index (κ3) is 3.69. The van der Waals surface area contributed by atoms with Gasteiger partial charge in [-0.2, -0.15) is 5.26 Å². The van der Waals surface area contributed by atoms with Gasteiger partial charge in [0, 0.05) is 47.2 Å². The van der Waals surface area contributed by atoms with Gasteiger partial charge in [-0.1, -0.05) is 0 Å². The number of pyridine rings is 1. The van der Waals surface area contributed by atoms with E-state index in [0.717, 1.165) is 40.1 Å². The molecule has 3 aromatic heterocycles. The molecule has 150 valence electrons. The van der Waals surface area contributed by atoms with E-state index >= 15 is 0 Å². The van der Waals surface area contributed by atoms with Crippen molar-refractivity contribution in [2.75, 3.05) is 24.5 Å². The first-order chi connectivity index (χ1) is 13.8. The molecule has 1 aliphatic heterocycles. The van der Waals surface area contributed by atoms with Crippen LogP contribution in [0.25, 0.3) is 16.9 Å². The van der Waals surface area contributed by atoms with Crippen molar-refractivity contribution in [3.8, 4) is 11.9 Å². The minimum absolute atomic E-state index is 0.163. The van der Waals surface area contributed by atoms with Gasteiger partial charge >= 0.3 is 0 Å². The van der Waals surface area contributed by atoms with Crippen molar-refractivity contribution in [3.63, 3.8) is 0 Å². The standard InChI is InChI=1S/C21H24IN7/c1-14-11-27(21(2,3)4)7-8-28(14)19-18-16(22)12-29(20(18)26-13-25-19)17-9-15(10-23)5-6-24-17/h5-6,9,12-14H,7-8,11H2,1-4H3/t14-/m0/s1. The molecule has 0 N–H and O–H groups in total. The van der Waals surface area contributed by atoms with Crippen LogP contribution in [0.5, 0.6) is 0 Å². The van der Waals surface area contributed by atoms with Gasteiger partial charge in [0.05, 0.1) is 17.0 Å². The number of fused-ring (bicyclic) bond motifs is 1. The van der Waals surface area contributed by atoms with Crippen LogP contribution in [0, 0.1) is 14.9 Å². The summed E-state index contributed by atoms with van der Waals surface area (Å²) in [4.78, 5) is 18.6. The largest absolute Gasteiger partial charge is 0.351 e. The van der Waals surface area contributed by atoms with Crippen molar-refractivity contribution in [1.29, 1.82) is 5.26 Å². The lowest BCUT2D eigenvalue weighted by molar-refractivity contribution is 0.112. The van der Waals surface area contributed by atoms with E-state index < -0.39 is 0 Å². The summed E-state index contributed by atoms with van der Waals surface area (Å²) < 4.78 is 3.02. The highest BCUT2D eigenvalue weighted by molar-refractivity contribution is 14.1. The van der Waals surface area contributed by atoms with E-state index in [9.17, 15) is 5.26 Å². The Morgan fingerprint density at radius 1 is 1.21 bits per heavy atom. The van der Waals surface area contributed by atoms with Crippen molar-refractivity contribution in [2.45, 2.75) is 39.3 Å². The molecule has 0 unspecified atom stereocenters. The van der Waals surface area contributed by atoms with E-state index in [2.05, 4.69) is 81.1 Å². The van der Waals surface area contributed by atoms with E-state index in [0.29, 0.717) is 17.4 Å². The summed E-state index contributed by atoms with van der Waals surface area (Å²) in [5, 5.41) is 10.3. The normalized spacial score (nSPS) is 18.2. The topological polar surface area (TPSA) is 73.9 Å². The molecule has 1 atom stereocenters. The monoisotopic (exact) mass is 501 g/mol. The van der Waals surface area contributed by atoms with Gasteiger partial charge in [-0.3, -0.25) is 9.47 Å². The molecule has 1 saturated heterocycles. The van der Waals surface area contributed by atoms with Crippen LogP contribution in [0.2, 0.25) is 0 Å². The maximum absolute atomic E-state index is 9.22. The van der Waals surface area contributed by atoms with Crippen molar-refractivity contribution < 1.29 is 0 Å². The zero-order chi connectivity index (χ0) is 20.8. The molecule has 3 aromatic rings. The number of rotatable bonds is 2. The van der Waals surface area contributed by atoms with Crippen molar-refractivity contribution in [1.82, 2.24) is 24.4 Å². The fraction of sp³-hybridized carbons (Fsp3) is 0.429. The fourth-order valence-electron chi connectivity index (χ4n) is 3.90. The van der Waals surface area contributed by atoms with Crippen LogP contribution in [0.3, 0.4) is 0 Å². The Balaban J connectivity index is 1.76. The smallest absolute Gasteiger partial charge is 0.152 e. The Morgan fingerprint density at radius 3 is 2.69 bits per heavy atom. The predicted octanol–water partition coefficient (Wildman–Crippen LogP) is 3.60. The molecule has 0 amide bonds. The summed E-state index contributed by atoms with van der Waals surface area (Å²) in [7, 11) is 0. The van der Waals surface area contributed by atoms with Crippen LogP contribution in [-0.2, 0) is 0 Å². The van der Waals surface area contributed by atoms with Crippen molar-refractivity contribution >= 4 is 39.4 Å². The average Bonchev–Trinajstić information content (AvgIpc) is 3.04. The molecule has 7 nitrogen and oxygen atoms in total. The Hall–Kier alpha value is -2.25. The molecule has 0 bridgehead atoms. The Labute approximate surface area is 184 Å². The summed E-state index contributed by atoms with van der Waals surface area (Å²) in [6.45, 7) is 12.0. The number of anilines is 1. The van der Waals surface area contributed by atoms with Gasteiger partial charge in [0.15, 0.2) is 5.65 Å². The molecule has 8 heteroatoms. The number of nitriles is 1. The maximum Gasteiger partial charge on any atom is 0.152 e. The van der Waals surface area contributed by atoms with Crippen LogP contribution in [0.15, 0.2) is 30.9 Å². The van der Waals surface area contributed by atoms with E-state index in [1.54, 1.807) is 24.7 Å². The zero-order valence-electron chi connectivity index (χ0n) is 17.1. The number of hydrogen-bond acceptors (Lipinski definition) is 6. The van der Waals surface area contributed by atoms with Crippen LogP contribution < -0.4 is 4.90 Å². The highest BCUT2D eigenvalue weighted by Gasteiger charge is 2.32. The summed E-state index contributed by atoms with van der Waals surface area (Å²) in [6, 6.07) is 6.01. The molecule has 4 rings (SSSR count). The molecule has 0 aromatic carbocycles. The van der Waals surface area contributed by atoms with Gasteiger partial charge in [-0.15, -0.1) is 0 Å². The van der Waals surface area contributed by atoms with Gasteiger partial charge in [-0.05, 0) is 62.4 Å². The first-order valence-electron chi connectivity index (χ1n) is 9.69. The molecule has 29 heavy (non-hydrogen) atoms. The predicted molar refractivity (Wildman–Crippen MR) is 122 cm³/mol. The molecule has 0 aliphatic carbocycles. The van der Waals surface area contributed by atoms with E-state index in [1.165, 1.54) is 0 Å². The van der Waals surface area contributed by atoms with Gasteiger partial charge < -0.3 is 4.90 Å². The van der Waals surface area contributed by atoms with Crippen molar-refractivity contribution in [2.24, 2.45) is 0 Å². The van der Waals surface area contributed by atoms with Gasteiger partial charge in [0.1, 0.15) is 18.0 Å². The van der Waals surface area contributed by atoms with E-state index in [4.69, 9.17) is 0 Å². The summed E-state index contributed by atoms with van der Waals surface area (Å²) in [6.07, 6.45) is 5.30. The van der Waals surface area contributed by atoms with Crippen molar-refractivity contribution in [3.05, 3.63) is 40.0 Å². The Bertz CT molecular complexity index is 1090. The molecule has 0 radical (unpaired) electrons. The Kier molecular flexibility index (Phi) is 5.21. The molecular formula is C21H24IN7. The average molecular weight is 501 g/mol. The quantitative estimate of drug-likeness (QED) is 0.500. The SMILES string of the molecule is C[C@H]1CN(C(C)(C)C)CCN1c1ncnc2c1c(I)cn2-c1cc(C#N)ccn1. The second-order valence-corrected chi connectivity index (χ2v) is 9.58. The summed E-state index contributed by atoms with van der Waals surface area (Å²) in [5.74, 6) is 1.66. The minimum Gasteiger partial charge on any atom is -0.351 e. The summed E-state index contributed by atoms with van der Waals surface area (Å²) >= 11 is 2.34. The number of aromatic nitrogens is 4. The lowest BCUT2D eigenvalue weighted by Crippen LogP contribution is -2.57. The molecule has 1 aliphatic rings. The van der Waals surface area contributed by atoms with E-state index in [1.807, 2.05) is 10.8 Å². The third-order valence-electron chi connectivity index (χ3n) is 5.49. The van der Waals surface area contributed by atoms with Crippen LogP contribution >= 0.6 is 22.6 Å². The third-order valence-corrected chi connectivity index (χ3v) is 6.30. The number of nitrogens with zero attached hydrogens (tertiary/aromatic N) is 7. The molecular weight excluding hydrogens is 477 g/mol.